The predicted octanol–water partition coefficient (Wildman–Crippen LogP) is 3.95. The number of nitrogens with zero attached hydrogens (tertiary/aromatic N) is 7. The fourth-order valence-electron chi connectivity index (χ4n) is 9.70. The van der Waals surface area contributed by atoms with Gasteiger partial charge < -0.3 is 44.0 Å². The minimum atomic E-state index is -0.727. The standard InChI is InChI=1S/C50H70N10O9/c1-35(34-65-3)53-49-52-31-40-41(33-59(47(40)55-49)38-11-13-39(61)14-12-38)37-9-7-36(8-10-37)32-58-20-18-57(19-21-58)22-24-67-26-28-69-30-29-68-27-25-66-23-17-51-42-5-4-6-43-46(42)56(2)50(64)60(43)44-15-16-45(62)54-48(44)63/h4-10,31,33,35,38-39,44,51,61H,11-30,32,34H2,1-3H3,(H,52,53,55)(H,54,62,63)/t35-,38?,39?,44?/m1/s1. The van der Waals surface area contributed by atoms with E-state index in [-0.39, 0.29) is 42.6 Å². The van der Waals surface area contributed by atoms with Crippen molar-refractivity contribution in [1.29, 1.82) is 0 Å². The van der Waals surface area contributed by atoms with Crippen LogP contribution in [0, 0.1) is 0 Å². The van der Waals surface area contributed by atoms with Gasteiger partial charge in [0.25, 0.3) is 0 Å². The smallest absolute Gasteiger partial charge is 0.329 e. The molecular weight excluding hydrogens is 885 g/mol. The van der Waals surface area contributed by atoms with Crippen molar-refractivity contribution in [3.05, 3.63) is 70.9 Å². The number of imidazole rings is 1. The second-order valence-corrected chi connectivity index (χ2v) is 18.4. The molecule has 2 aromatic carbocycles. The maximum Gasteiger partial charge on any atom is 0.329 e. The molecule has 374 valence electrons. The first-order chi connectivity index (χ1) is 33.7. The second kappa shape index (κ2) is 24.5. The molecule has 1 aliphatic carbocycles. The number of imide groups is 1. The number of piperazine rings is 1. The third kappa shape index (κ3) is 12.9. The quantitative estimate of drug-likeness (QED) is 0.0484. The Bertz CT molecular complexity index is 2510. The summed E-state index contributed by atoms with van der Waals surface area (Å²) in [5.74, 6) is -0.179. The molecule has 69 heavy (non-hydrogen) atoms. The number of aromatic nitrogens is 5. The number of methoxy groups -OCH3 is 1. The van der Waals surface area contributed by atoms with Crippen LogP contribution in [-0.4, -0.2) is 168 Å². The van der Waals surface area contributed by atoms with E-state index in [1.807, 2.05) is 24.4 Å². The molecule has 0 spiro atoms. The van der Waals surface area contributed by atoms with Gasteiger partial charge in [-0.15, -0.1) is 0 Å². The molecule has 2 atom stereocenters. The van der Waals surface area contributed by atoms with Gasteiger partial charge >= 0.3 is 5.69 Å². The number of piperidine rings is 1. The molecule has 1 unspecified atom stereocenters. The highest BCUT2D eigenvalue weighted by atomic mass is 16.6. The first-order valence-electron chi connectivity index (χ1n) is 24.6. The minimum Gasteiger partial charge on any atom is -0.393 e. The van der Waals surface area contributed by atoms with E-state index in [4.69, 9.17) is 28.7 Å². The molecule has 4 N–H and O–H groups in total. The van der Waals surface area contributed by atoms with Gasteiger partial charge in [0.2, 0.25) is 17.8 Å². The van der Waals surface area contributed by atoms with E-state index < -0.39 is 11.9 Å². The fraction of sp³-hybridized carbons (Fsp3) is 0.580. The highest BCUT2D eigenvalue weighted by Gasteiger charge is 2.32. The summed E-state index contributed by atoms with van der Waals surface area (Å²) in [4.78, 5) is 52.0. The summed E-state index contributed by atoms with van der Waals surface area (Å²) in [6.45, 7) is 13.0. The topological polar surface area (TPSA) is 201 Å². The Morgan fingerprint density at radius 2 is 1.52 bits per heavy atom. The molecular formula is C50H70N10O9. The number of carbonyl (C=O) groups is 2. The zero-order chi connectivity index (χ0) is 48.1. The molecule has 2 aliphatic heterocycles. The van der Waals surface area contributed by atoms with Crippen LogP contribution in [0.5, 0.6) is 0 Å². The molecule has 19 nitrogen and oxygen atoms in total. The highest BCUT2D eigenvalue weighted by Crippen LogP contribution is 2.37. The predicted molar refractivity (Wildman–Crippen MR) is 264 cm³/mol. The van der Waals surface area contributed by atoms with Crippen molar-refractivity contribution in [3.63, 3.8) is 0 Å². The van der Waals surface area contributed by atoms with Gasteiger partial charge in [-0.25, -0.2) is 9.78 Å². The average Bonchev–Trinajstić information content (AvgIpc) is 3.85. The Morgan fingerprint density at radius 1 is 0.841 bits per heavy atom. The number of anilines is 2. The van der Waals surface area contributed by atoms with Gasteiger partial charge in [0, 0.05) is 102 Å². The Kier molecular flexibility index (Phi) is 17.8. The lowest BCUT2D eigenvalue weighted by Gasteiger charge is -2.34. The minimum absolute atomic E-state index is 0.0816. The summed E-state index contributed by atoms with van der Waals surface area (Å²) >= 11 is 0. The number of ether oxygens (including phenoxy) is 5. The van der Waals surface area contributed by atoms with Crippen LogP contribution >= 0.6 is 0 Å². The molecule has 19 heteroatoms. The first kappa shape index (κ1) is 50.1. The normalized spacial score (nSPS) is 19.9. The van der Waals surface area contributed by atoms with E-state index in [1.54, 1.807) is 14.2 Å². The van der Waals surface area contributed by atoms with Crippen molar-refractivity contribution in [2.24, 2.45) is 7.05 Å². The molecule has 3 aromatic heterocycles. The van der Waals surface area contributed by atoms with Crippen LogP contribution in [0.3, 0.4) is 0 Å². The van der Waals surface area contributed by atoms with Gasteiger partial charge in [0.1, 0.15) is 11.7 Å². The van der Waals surface area contributed by atoms with E-state index in [0.29, 0.717) is 83.0 Å². The number of hydrogen-bond acceptors (Lipinski definition) is 15. The molecule has 0 bridgehead atoms. The summed E-state index contributed by atoms with van der Waals surface area (Å²) in [5, 5.41) is 20.3. The van der Waals surface area contributed by atoms with Gasteiger partial charge in [0.15, 0.2) is 0 Å². The number of para-hydroxylation sites is 1. The number of hydrogen-bond donors (Lipinski definition) is 4. The number of aryl methyl sites for hydroxylation is 1. The molecule has 5 heterocycles. The lowest BCUT2D eigenvalue weighted by molar-refractivity contribution is -0.135. The number of fused-ring (bicyclic) bond motifs is 2. The summed E-state index contributed by atoms with van der Waals surface area (Å²) in [6.07, 6.45) is 7.89. The first-order valence-corrected chi connectivity index (χ1v) is 24.6. The highest BCUT2D eigenvalue weighted by molar-refractivity contribution is 6.00. The van der Waals surface area contributed by atoms with Crippen molar-refractivity contribution in [2.45, 2.75) is 76.2 Å². The van der Waals surface area contributed by atoms with Crippen LogP contribution in [-0.2, 0) is 46.9 Å². The maximum atomic E-state index is 13.1. The number of aliphatic hydroxyl groups excluding tert-OH is 1. The van der Waals surface area contributed by atoms with Crippen LogP contribution in [0.2, 0.25) is 0 Å². The average molecular weight is 955 g/mol. The van der Waals surface area contributed by atoms with Crippen molar-refractivity contribution >= 4 is 45.5 Å². The number of benzene rings is 2. The third-order valence-corrected chi connectivity index (χ3v) is 13.4. The molecule has 2 saturated heterocycles. The molecule has 0 radical (unpaired) electrons. The summed E-state index contributed by atoms with van der Waals surface area (Å²) in [7, 11) is 3.37. The molecule has 8 rings (SSSR count). The Labute approximate surface area is 403 Å². The van der Waals surface area contributed by atoms with Crippen LogP contribution in [0.15, 0.2) is 59.7 Å². The maximum absolute atomic E-state index is 13.1. The zero-order valence-electron chi connectivity index (χ0n) is 40.4. The van der Waals surface area contributed by atoms with Crippen LogP contribution in [0.25, 0.3) is 33.2 Å². The summed E-state index contributed by atoms with van der Waals surface area (Å²) in [5.41, 5.74) is 6.27. The third-order valence-electron chi connectivity index (χ3n) is 13.4. The lowest BCUT2D eigenvalue weighted by atomic mass is 9.93. The molecule has 3 aliphatic rings. The SMILES string of the molecule is COC[C@@H](C)Nc1ncc2c(-c3ccc(CN4CCN(CCOCCOCCOCCOCCNc5cccc6c5n(C)c(=O)n6C5CCC(=O)NC5=O)CC4)cc3)cn(C3CCC(O)CC3)c2n1. The molecule has 2 amide bonds. The van der Waals surface area contributed by atoms with Crippen LogP contribution in [0.1, 0.15) is 63.1 Å². The Hall–Kier alpha value is -5.25. The number of rotatable bonds is 25. The summed E-state index contributed by atoms with van der Waals surface area (Å²) < 4.78 is 33.6. The molecule has 5 aromatic rings. The van der Waals surface area contributed by atoms with Crippen LogP contribution in [0.4, 0.5) is 11.6 Å². The van der Waals surface area contributed by atoms with E-state index >= 15 is 0 Å². The van der Waals surface area contributed by atoms with E-state index in [2.05, 4.69) is 72.7 Å². The van der Waals surface area contributed by atoms with Gasteiger partial charge in [-0.05, 0) is 62.3 Å². The van der Waals surface area contributed by atoms with E-state index in [1.165, 1.54) is 14.7 Å². The fourth-order valence-corrected chi connectivity index (χ4v) is 9.70. The van der Waals surface area contributed by atoms with E-state index in [9.17, 15) is 19.5 Å². The van der Waals surface area contributed by atoms with E-state index in [0.717, 1.165) is 92.8 Å². The molecule has 3 fully saturated rings. The Balaban J connectivity index is 0.664. The number of nitrogens with one attached hydrogen (secondary N) is 3. The lowest BCUT2D eigenvalue weighted by Crippen LogP contribution is -2.46. The van der Waals surface area contributed by atoms with Gasteiger partial charge in [-0.3, -0.25) is 33.8 Å². The number of aliphatic hydroxyl groups is 1. The van der Waals surface area contributed by atoms with Crippen molar-refractivity contribution < 1.29 is 38.4 Å². The van der Waals surface area contributed by atoms with Crippen molar-refractivity contribution in [1.82, 2.24) is 38.8 Å². The molecule has 1 saturated carbocycles. The van der Waals surface area contributed by atoms with Crippen molar-refractivity contribution in [2.75, 3.05) is 116 Å². The Morgan fingerprint density at radius 3 is 2.22 bits per heavy atom. The number of amides is 2. The zero-order valence-corrected chi connectivity index (χ0v) is 40.4. The van der Waals surface area contributed by atoms with Gasteiger partial charge in [-0.1, -0.05) is 30.3 Å². The van der Waals surface area contributed by atoms with Gasteiger partial charge in [0.05, 0.1) is 82.3 Å². The second-order valence-electron chi connectivity index (χ2n) is 18.4. The largest absolute Gasteiger partial charge is 0.393 e. The summed E-state index contributed by atoms with van der Waals surface area (Å²) in [6, 6.07) is 14.1. The number of carbonyl (C=O) groups excluding carboxylic acids is 2. The van der Waals surface area contributed by atoms with Gasteiger partial charge in [-0.2, -0.15) is 4.98 Å². The monoisotopic (exact) mass is 955 g/mol. The van der Waals surface area contributed by atoms with Crippen molar-refractivity contribution in [3.8, 4) is 11.1 Å². The van der Waals surface area contributed by atoms with Crippen LogP contribution < -0.4 is 21.6 Å².